The Balaban J connectivity index is 1.81. The standard InChI is InChI=1S/C18H16Cl2N4O4/c19-13-7-12(24(26)27)8-14(20)18(13)23-15-1-2-17(25)22(16(15)9-21-23)10-11-3-5-28-6-4-11/h1-2,7-9,11H,3-6,10H2. The zero-order valence-corrected chi connectivity index (χ0v) is 16.2. The minimum absolute atomic E-state index is 0.103. The highest BCUT2D eigenvalue weighted by atomic mass is 35.5. The second kappa shape index (κ2) is 7.54. The quantitative estimate of drug-likeness (QED) is 0.470. The number of ether oxygens (including phenoxy) is 1. The molecule has 0 amide bonds. The topological polar surface area (TPSA) is 92.2 Å². The van der Waals surface area contributed by atoms with E-state index in [2.05, 4.69) is 5.10 Å². The van der Waals surface area contributed by atoms with Crippen LogP contribution in [0, 0.1) is 16.0 Å². The normalized spacial score (nSPS) is 15.2. The summed E-state index contributed by atoms with van der Waals surface area (Å²) in [6.07, 6.45) is 3.39. The van der Waals surface area contributed by atoms with Gasteiger partial charge < -0.3 is 9.30 Å². The van der Waals surface area contributed by atoms with Gasteiger partial charge in [-0.2, -0.15) is 5.10 Å². The van der Waals surface area contributed by atoms with Crippen molar-refractivity contribution in [3.63, 3.8) is 0 Å². The number of non-ortho nitro benzene ring substituents is 1. The third-order valence-electron chi connectivity index (χ3n) is 4.93. The molecular weight excluding hydrogens is 407 g/mol. The molecule has 0 N–H and O–H groups in total. The second-order valence-corrected chi connectivity index (χ2v) is 7.49. The van der Waals surface area contributed by atoms with Crippen LogP contribution in [0.5, 0.6) is 0 Å². The zero-order valence-electron chi connectivity index (χ0n) is 14.7. The van der Waals surface area contributed by atoms with Crippen LogP contribution in [0.4, 0.5) is 5.69 Å². The van der Waals surface area contributed by atoms with Gasteiger partial charge in [-0.1, -0.05) is 23.2 Å². The summed E-state index contributed by atoms with van der Waals surface area (Å²) in [5.41, 5.74) is 1.32. The highest BCUT2D eigenvalue weighted by molar-refractivity contribution is 6.38. The summed E-state index contributed by atoms with van der Waals surface area (Å²) in [5, 5.41) is 15.6. The molecule has 0 radical (unpaired) electrons. The van der Waals surface area contributed by atoms with Gasteiger partial charge in [-0.3, -0.25) is 14.9 Å². The summed E-state index contributed by atoms with van der Waals surface area (Å²) in [6.45, 7) is 1.97. The molecule has 0 saturated carbocycles. The summed E-state index contributed by atoms with van der Waals surface area (Å²) in [5.74, 6) is 0.354. The zero-order chi connectivity index (χ0) is 19.8. The molecule has 3 aromatic rings. The minimum atomic E-state index is -0.561. The fraction of sp³-hybridized carbons (Fsp3) is 0.333. The first-order valence-electron chi connectivity index (χ1n) is 8.75. The lowest BCUT2D eigenvalue weighted by Gasteiger charge is -2.23. The molecular formula is C18H16Cl2N4O4. The van der Waals surface area contributed by atoms with Crippen LogP contribution in [0.1, 0.15) is 12.8 Å². The van der Waals surface area contributed by atoms with Gasteiger partial charge in [0.2, 0.25) is 0 Å². The fourth-order valence-electron chi connectivity index (χ4n) is 3.49. The summed E-state index contributed by atoms with van der Waals surface area (Å²) >= 11 is 12.5. The van der Waals surface area contributed by atoms with Crippen LogP contribution < -0.4 is 5.56 Å². The Morgan fingerprint density at radius 2 is 1.86 bits per heavy atom. The molecule has 28 heavy (non-hydrogen) atoms. The van der Waals surface area contributed by atoms with Crippen molar-refractivity contribution in [2.45, 2.75) is 19.4 Å². The number of halogens is 2. The van der Waals surface area contributed by atoms with Crippen molar-refractivity contribution >= 4 is 39.9 Å². The molecule has 8 nitrogen and oxygen atoms in total. The monoisotopic (exact) mass is 422 g/mol. The van der Waals surface area contributed by atoms with Gasteiger partial charge in [-0.15, -0.1) is 0 Å². The van der Waals surface area contributed by atoms with Gasteiger partial charge in [0, 0.05) is 38.0 Å². The number of pyridine rings is 1. The van der Waals surface area contributed by atoms with Gasteiger partial charge in [0.1, 0.15) is 5.69 Å². The molecule has 2 aromatic heterocycles. The Bertz CT molecular complexity index is 1100. The third-order valence-corrected chi connectivity index (χ3v) is 5.51. The van der Waals surface area contributed by atoms with E-state index in [4.69, 9.17) is 27.9 Å². The smallest absolute Gasteiger partial charge is 0.272 e. The van der Waals surface area contributed by atoms with Crippen LogP contribution >= 0.6 is 23.2 Å². The number of aromatic nitrogens is 3. The first kappa shape index (κ1) is 18.9. The van der Waals surface area contributed by atoms with Crippen LogP contribution in [-0.2, 0) is 11.3 Å². The van der Waals surface area contributed by atoms with Gasteiger partial charge in [0.25, 0.3) is 11.2 Å². The average molecular weight is 423 g/mol. The van der Waals surface area contributed by atoms with Crippen molar-refractivity contribution in [1.82, 2.24) is 14.3 Å². The van der Waals surface area contributed by atoms with Crippen LogP contribution in [0.3, 0.4) is 0 Å². The van der Waals surface area contributed by atoms with Crippen molar-refractivity contribution in [1.29, 1.82) is 0 Å². The summed E-state index contributed by atoms with van der Waals surface area (Å²) < 4.78 is 8.59. The lowest BCUT2D eigenvalue weighted by molar-refractivity contribution is -0.384. The highest BCUT2D eigenvalue weighted by Gasteiger charge is 2.21. The second-order valence-electron chi connectivity index (χ2n) is 6.68. The highest BCUT2D eigenvalue weighted by Crippen LogP contribution is 2.34. The number of fused-ring (bicyclic) bond motifs is 1. The summed E-state index contributed by atoms with van der Waals surface area (Å²) in [4.78, 5) is 22.9. The molecule has 1 aromatic carbocycles. The van der Waals surface area contributed by atoms with Crippen LogP contribution in [0.2, 0.25) is 10.0 Å². The number of nitro benzene ring substituents is 1. The Morgan fingerprint density at radius 3 is 2.50 bits per heavy atom. The minimum Gasteiger partial charge on any atom is -0.381 e. The fourth-order valence-corrected chi connectivity index (χ4v) is 4.12. The van der Waals surface area contributed by atoms with Crippen LogP contribution in [0.15, 0.2) is 35.3 Å². The van der Waals surface area contributed by atoms with Gasteiger partial charge in [0.05, 0.1) is 32.2 Å². The number of hydrogen-bond acceptors (Lipinski definition) is 5. The Hall–Kier alpha value is -2.42. The van der Waals surface area contributed by atoms with Crippen molar-refractivity contribution in [3.05, 3.63) is 61.0 Å². The number of hydrogen-bond donors (Lipinski definition) is 0. The van der Waals surface area contributed by atoms with Crippen molar-refractivity contribution < 1.29 is 9.66 Å². The molecule has 0 bridgehead atoms. The lowest BCUT2D eigenvalue weighted by Crippen LogP contribution is -2.27. The van der Waals surface area contributed by atoms with E-state index >= 15 is 0 Å². The Labute approximate surface area is 169 Å². The molecule has 0 aliphatic carbocycles. The number of nitrogens with zero attached hydrogens (tertiary/aromatic N) is 4. The molecule has 1 aliphatic heterocycles. The predicted octanol–water partition coefficient (Wildman–Crippen LogP) is 3.83. The van der Waals surface area contributed by atoms with E-state index in [9.17, 15) is 14.9 Å². The van der Waals surface area contributed by atoms with Crippen LogP contribution in [-0.4, -0.2) is 32.5 Å². The van der Waals surface area contributed by atoms with Crippen molar-refractivity contribution in [2.75, 3.05) is 13.2 Å². The third kappa shape index (κ3) is 3.39. The first-order chi connectivity index (χ1) is 13.5. The largest absolute Gasteiger partial charge is 0.381 e. The van der Waals surface area contributed by atoms with E-state index in [0.717, 1.165) is 12.8 Å². The maximum absolute atomic E-state index is 12.5. The van der Waals surface area contributed by atoms with E-state index < -0.39 is 4.92 Å². The maximum Gasteiger partial charge on any atom is 0.272 e. The number of nitro groups is 1. The van der Waals surface area contributed by atoms with Gasteiger partial charge in [-0.25, -0.2) is 4.68 Å². The molecule has 1 fully saturated rings. The molecule has 4 rings (SSSR count). The lowest BCUT2D eigenvalue weighted by atomic mass is 10.0. The van der Waals surface area contributed by atoms with Crippen molar-refractivity contribution in [2.24, 2.45) is 5.92 Å². The van der Waals surface area contributed by atoms with Gasteiger partial charge in [-0.05, 0) is 24.8 Å². The summed E-state index contributed by atoms with van der Waals surface area (Å²) in [6, 6.07) is 5.59. The van der Waals surface area contributed by atoms with E-state index in [-0.39, 0.29) is 21.3 Å². The SMILES string of the molecule is O=c1ccc2c(cnn2-c2c(Cl)cc([N+](=O)[O-])cc2Cl)n1CC1CCOCC1. The molecule has 1 saturated heterocycles. The van der Waals surface area contributed by atoms with Gasteiger partial charge in [0.15, 0.2) is 0 Å². The van der Waals surface area contributed by atoms with Crippen molar-refractivity contribution in [3.8, 4) is 5.69 Å². The van der Waals surface area contributed by atoms with E-state index in [1.165, 1.54) is 22.9 Å². The Morgan fingerprint density at radius 1 is 1.18 bits per heavy atom. The van der Waals surface area contributed by atoms with Gasteiger partial charge >= 0.3 is 0 Å². The molecule has 0 atom stereocenters. The molecule has 3 heterocycles. The molecule has 146 valence electrons. The van der Waals surface area contributed by atoms with Crippen LogP contribution in [0.25, 0.3) is 16.7 Å². The molecule has 1 aliphatic rings. The maximum atomic E-state index is 12.5. The summed E-state index contributed by atoms with van der Waals surface area (Å²) in [7, 11) is 0. The first-order valence-corrected chi connectivity index (χ1v) is 9.50. The molecule has 0 unspecified atom stereocenters. The number of rotatable bonds is 4. The average Bonchev–Trinajstić information content (AvgIpc) is 3.08. The van der Waals surface area contributed by atoms with E-state index in [0.29, 0.717) is 42.4 Å². The van der Waals surface area contributed by atoms with E-state index in [1.54, 1.807) is 16.8 Å². The molecule has 10 heteroatoms. The predicted molar refractivity (Wildman–Crippen MR) is 106 cm³/mol. The van der Waals surface area contributed by atoms with E-state index in [1.807, 2.05) is 0 Å². The Kier molecular flexibility index (Phi) is 5.09. The number of benzene rings is 1. The molecule has 0 spiro atoms.